The summed E-state index contributed by atoms with van der Waals surface area (Å²) in [6.45, 7) is 4.44. The zero-order valence-corrected chi connectivity index (χ0v) is 13.5. The summed E-state index contributed by atoms with van der Waals surface area (Å²) in [5.74, 6) is 0.0269. The van der Waals surface area contributed by atoms with Gasteiger partial charge in [0.15, 0.2) is 0 Å². The van der Waals surface area contributed by atoms with E-state index in [4.69, 9.17) is 5.73 Å². The number of amides is 3. The van der Waals surface area contributed by atoms with E-state index in [9.17, 15) is 9.59 Å². The van der Waals surface area contributed by atoms with Crippen molar-refractivity contribution in [3.05, 3.63) is 29.3 Å². The number of rotatable bonds is 3. The number of nitrogens with two attached hydrogens (primary N) is 1. The second-order valence-corrected chi connectivity index (χ2v) is 6.22. The van der Waals surface area contributed by atoms with Crippen molar-refractivity contribution in [2.45, 2.75) is 32.2 Å². The van der Waals surface area contributed by atoms with E-state index in [1.54, 1.807) is 4.90 Å². The Hall–Kier alpha value is -2.08. The van der Waals surface area contributed by atoms with E-state index < -0.39 is 0 Å². The molecule has 3 N–H and O–H groups in total. The van der Waals surface area contributed by atoms with Gasteiger partial charge in [-0.1, -0.05) is 6.07 Å². The first-order chi connectivity index (χ1) is 11.1. The van der Waals surface area contributed by atoms with Gasteiger partial charge in [0.1, 0.15) is 0 Å². The first-order valence-corrected chi connectivity index (χ1v) is 8.29. The summed E-state index contributed by atoms with van der Waals surface area (Å²) in [5, 5.41) is 2.80. The van der Waals surface area contributed by atoms with Crippen molar-refractivity contribution in [1.29, 1.82) is 0 Å². The van der Waals surface area contributed by atoms with Crippen molar-refractivity contribution in [3.63, 3.8) is 0 Å². The van der Waals surface area contributed by atoms with Gasteiger partial charge in [-0.3, -0.25) is 9.69 Å². The minimum absolute atomic E-state index is 0.0269. The van der Waals surface area contributed by atoms with Gasteiger partial charge in [0.25, 0.3) is 5.91 Å². The lowest BCUT2D eigenvalue weighted by atomic mass is 9.98. The van der Waals surface area contributed by atoms with Crippen molar-refractivity contribution >= 4 is 17.6 Å². The predicted octanol–water partition coefficient (Wildman–Crippen LogP) is 1.48. The molecule has 2 aliphatic rings. The lowest BCUT2D eigenvalue weighted by molar-refractivity contribution is 0.0622. The standard InChI is InChI=1S/C17H24N4O2/c1-12-14(16(22)20-9-3-2-5-13(20)11-18)6-4-7-15(12)21-10-8-19-17(21)23/h4,6-7,13H,2-3,5,8-11,18H2,1H3,(H,19,23). The summed E-state index contributed by atoms with van der Waals surface area (Å²) in [5.41, 5.74) is 8.18. The van der Waals surface area contributed by atoms with Crippen molar-refractivity contribution in [2.75, 3.05) is 31.1 Å². The molecule has 0 aromatic heterocycles. The lowest BCUT2D eigenvalue weighted by Crippen LogP contribution is -2.47. The van der Waals surface area contributed by atoms with Gasteiger partial charge >= 0.3 is 6.03 Å². The predicted molar refractivity (Wildman–Crippen MR) is 89.7 cm³/mol. The average Bonchev–Trinajstić information content (AvgIpc) is 3.00. The molecule has 0 aliphatic carbocycles. The molecular weight excluding hydrogens is 292 g/mol. The first-order valence-electron chi connectivity index (χ1n) is 8.29. The Balaban J connectivity index is 1.90. The number of anilines is 1. The zero-order chi connectivity index (χ0) is 16.4. The number of carbonyl (C=O) groups is 2. The molecule has 0 bridgehead atoms. The minimum atomic E-state index is -0.101. The molecule has 2 heterocycles. The number of urea groups is 1. The summed E-state index contributed by atoms with van der Waals surface area (Å²) in [6, 6.07) is 5.61. The summed E-state index contributed by atoms with van der Waals surface area (Å²) in [6.07, 6.45) is 3.11. The Bertz CT molecular complexity index is 617. The van der Waals surface area contributed by atoms with Crippen LogP contribution < -0.4 is 16.0 Å². The van der Waals surface area contributed by atoms with E-state index in [1.807, 2.05) is 30.0 Å². The fraction of sp³-hybridized carbons (Fsp3) is 0.529. The molecule has 1 aromatic rings. The third-order valence-electron chi connectivity index (χ3n) is 4.84. The Labute approximate surface area is 136 Å². The number of benzene rings is 1. The number of nitrogens with one attached hydrogen (secondary N) is 1. The molecule has 124 valence electrons. The first kappa shape index (κ1) is 15.8. The molecule has 23 heavy (non-hydrogen) atoms. The molecule has 3 amide bonds. The highest BCUT2D eigenvalue weighted by atomic mass is 16.2. The molecule has 1 atom stereocenters. The summed E-state index contributed by atoms with van der Waals surface area (Å²) in [4.78, 5) is 28.5. The minimum Gasteiger partial charge on any atom is -0.336 e. The van der Waals surface area contributed by atoms with Gasteiger partial charge in [-0.15, -0.1) is 0 Å². The number of hydrogen-bond acceptors (Lipinski definition) is 3. The van der Waals surface area contributed by atoms with Gasteiger partial charge < -0.3 is 16.0 Å². The fourth-order valence-corrected chi connectivity index (χ4v) is 3.52. The normalized spacial score (nSPS) is 21.5. The molecule has 6 heteroatoms. The molecule has 6 nitrogen and oxygen atoms in total. The molecule has 3 rings (SSSR count). The summed E-state index contributed by atoms with van der Waals surface area (Å²) >= 11 is 0. The average molecular weight is 316 g/mol. The van der Waals surface area contributed by atoms with Crippen LogP contribution in [0.4, 0.5) is 10.5 Å². The number of nitrogens with zero attached hydrogens (tertiary/aromatic N) is 2. The molecule has 0 saturated carbocycles. The van der Waals surface area contributed by atoms with E-state index in [-0.39, 0.29) is 18.0 Å². The highest BCUT2D eigenvalue weighted by Crippen LogP contribution is 2.27. The molecule has 0 spiro atoms. The van der Waals surface area contributed by atoms with Gasteiger partial charge in [-0.2, -0.15) is 0 Å². The molecule has 1 aromatic carbocycles. The van der Waals surface area contributed by atoms with E-state index in [1.165, 1.54) is 0 Å². The maximum atomic E-state index is 13.0. The number of piperidine rings is 1. The van der Waals surface area contributed by atoms with Gasteiger partial charge in [0.05, 0.1) is 0 Å². The van der Waals surface area contributed by atoms with E-state index >= 15 is 0 Å². The lowest BCUT2D eigenvalue weighted by Gasteiger charge is -2.35. The Kier molecular flexibility index (Phi) is 4.52. The highest BCUT2D eigenvalue weighted by Gasteiger charge is 2.29. The monoisotopic (exact) mass is 316 g/mol. The van der Waals surface area contributed by atoms with Crippen LogP contribution in [0.15, 0.2) is 18.2 Å². The Morgan fingerprint density at radius 2 is 2.17 bits per heavy atom. The van der Waals surface area contributed by atoms with Crippen LogP contribution in [0.3, 0.4) is 0 Å². The maximum absolute atomic E-state index is 13.0. The van der Waals surface area contributed by atoms with E-state index in [2.05, 4.69) is 5.32 Å². The van der Waals surface area contributed by atoms with Gasteiger partial charge in [-0.25, -0.2) is 4.79 Å². The summed E-state index contributed by atoms with van der Waals surface area (Å²) < 4.78 is 0. The van der Waals surface area contributed by atoms with Crippen LogP contribution in [-0.4, -0.2) is 49.1 Å². The number of likely N-dealkylation sites (tertiary alicyclic amines) is 1. The number of carbonyl (C=O) groups excluding carboxylic acids is 2. The zero-order valence-electron chi connectivity index (χ0n) is 13.5. The molecular formula is C17H24N4O2. The van der Waals surface area contributed by atoms with Crippen molar-refractivity contribution in [1.82, 2.24) is 10.2 Å². The third-order valence-corrected chi connectivity index (χ3v) is 4.84. The SMILES string of the molecule is Cc1c(C(=O)N2CCCCC2CN)cccc1N1CCNC1=O. The van der Waals surface area contributed by atoms with Crippen LogP contribution in [0.2, 0.25) is 0 Å². The van der Waals surface area contributed by atoms with Crippen LogP contribution in [0, 0.1) is 6.92 Å². The Morgan fingerprint density at radius 3 is 2.87 bits per heavy atom. The second kappa shape index (κ2) is 6.58. The molecule has 2 fully saturated rings. The van der Waals surface area contributed by atoms with Crippen molar-refractivity contribution in [2.24, 2.45) is 5.73 Å². The molecule has 0 radical (unpaired) electrons. The van der Waals surface area contributed by atoms with Crippen LogP contribution in [-0.2, 0) is 0 Å². The summed E-state index contributed by atoms with van der Waals surface area (Å²) in [7, 11) is 0. The van der Waals surface area contributed by atoms with Crippen LogP contribution in [0.5, 0.6) is 0 Å². The topological polar surface area (TPSA) is 78.7 Å². The van der Waals surface area contributed by atoms with Gasteiger partial charge in [0, 0.05) is 43.5 Å². The van der Waals surface area contributed by atoms with Crippen molar-refractivity contribution in [3.8, 4) is 0 Å². The van der Waals surface area contributed by atoms with E-state index in [0.29, 0.717) is 25.2 Å². The van der Waals surface area contributed by atoms with Crippen LogP contribution in [0.1, 0.15) is 35.2 Å². The number of hydrogen-bond donors (Lipinski definition) is 2. The molecule has 2 aliphatic heterocycles. The second-order valence-electron chi connectivity index (χ2n) is 6.22. The maximum Gasteiger partial charge on any atom is 0.322 e. The van der Waals surface area contributed by atoms with Crippen LogP contribution >= 0.6 is 0 Å². The highest BCUT2D eigenvalue weighted by molar-refractivity contribution is 6.00. The third kappa shape index (κ3) is 2.91. The van der Waals surface area contributed by atoms with E-state index in [0.717, 1.165) is 37.1 Å². The van der Waals surface area contributed by atoms with Crippen molar-refractivity contribution < 1.29 is 9.59 Å². The smallest absolute Gasteiger partial charge is 0.322 e. The van der Waals surface area contributed by atoms with Gasteiger partial charge in [-0.05, 0) is 43.9 Å². The van der Waals surface area contributed by atoms with Crippen LogP contribution in [0.25, 0.3) is 0 Å². The Morgan fingerprint density at radius 1 is 1.35 bits per heavy atom. The molecule has 1 unspecified atom stereocenters. The fourth-order valence-electron chi connectivity index (χ4n) is 3.52. The largest absolute Gasteiger partial charge is 0.336 e. The van der Waals surface area contributed by atoms with Gasteiger partial charge in [0.2, 0.25) is 0 Å². The molecule has 2 saturated heterocycles. The quantitative estimate of drug-likeness (QED) is 0.886.